The number of ether oxygens (including phenoxy) is 2. The quantitative estimate of drug-likeness (QED) is 0.479. The lowest BCUT2D eigenvalue weighted by atomic mass is 10.0. The maximum absolute atomic E-state index is 12.4. The fourth-order valence-electron chi connectivity index (χ4n) is 2.99. The minimum Gasteiger partial charge on any atom is -0.464 e. The number of carbonyl (C=O) groups excluding carboxylic acids is 3. The van der Waals surface area contributed by atoms with E-state index in [2.05, 4.69) is 26.6 Å². The van der Waals surface area contributed by atoms with Crippen LogP contribution in [0.15, 0.2) is 53.0 Å². The van der Waals surface area contributed by atoms with E-state index in [4.69, 9.17) is 9.47 Å². The molecule has 0 saturated carbocycles. The normalized spacial score (nSPS) is 11.9. The largest absolute Gasteiger partial charge is 0.464 e. The maximum atomic E-state index is 12.4. The van der Waals surface area contributed by atoms with E-state index in [0.29, 0.717) is 12.1 Å². The van der Waals surface area contributed by atoms with Crippen molar-refractivity contribution in [3.63, 3.8) is 0 Å². The summed E-state index contributed by atoms with van der Waals surface area (Å²) in [5.41, 5.74) is 1.74. The monoisotopic (exact) mass is 518 g/mol. The van der Waals surface area contributed by atoms with Crippen LogP contribution < -0.4 is 10.6 Å². The van der Waals surface area contributed by atoms with E-state index in [0.717, 1.165) is 22.0 Å². The Labute approximate surface area is 203 Å². The molecule has 0 fully saturated rings. The highest BCUT2D eigenvalue weighted by atomic mass is 79.9. The minimum absolute atomic E-state index is 0.174. The number of esters is 1. The Kier molecular flexibility index (Phi) is 9.91. The zero-order chi connectivity index (χ0) is 24.4. The van der Waals surface area contributed by atoms with E-state index in [9.17, 15) is 14.4 Å². The molecule has 2 amide bonds. The van der Waals surface area contributed by atoms with E-state index in [1.807, 2.05) is 24.3 Å². The van der Waals surface area contributed by atoms with Crippen molar-refractivity contribution in [3.8, 4) is 0 Å². The molecule has 33 heavy (non-hydrogen) atoms. The Morgan fingerprint density at radius 1 is 0.970 bits per heavy atom. The summed E-state index contributed by atoms with van der Waals surface area (Å²) in [4.78, 5) is 36.9. The number of hydrogen-bond donors (Lipinski definition) is 2. The summed E-state index contributed by atoms with van der Waals surface area (Å²) >= 11 is 3.40. The molecule has 7 nitrogen and oxygen atoms in total. The fourth-order valence-corrected chi connectivity index (χ4v) is 3.25. The van der Waals surface area contributed by atoms with Gasteiger partial charge in [-0.05, 0) is 69.5 Å². The number of amides is 2. The number of nitrogens with one attached hydrogen (secondary N) is 2. The molecule has 0 saturated heterocycles. The van der Waals surface area contributed by atoms with Crippen LogP contribution in [0.25, 0.3) is 0 Å². The number of hydrogen-bond acceptors (Lipinski definition) is 5. The number of rotatable bonds is 9. The third-order valence-corrected chi connectivity index (χ3v) is 5.06. The second-order valence-corrected chi connectivity index (χ2v) is 9.40. The van der Waals surface area contributed by atoms with E-state index in [1.165, 1.54) is 0 Å². The van der Waals surface area contributed by atoms with Gasteiger partial charge in [-0.3, -0.25) is 4.79 Å². The third-order valence-electron chi connectivity index (χ3n) is 4.53. The molecule has 0 aromatic heterocycles. The van der Waals surface area contributed by atoms with Crippen molar-refractivity contribution >= 4 is 33.9 Å². The lowest BCUT2D eigenvalue weighted by molar-refractivity contribution is -0.145. The molecular weight excluding hydrogens is 488 g/mol. The first-order valence-corrected chi connectivity index (χ1v) is 11.6. The fraction of sp³-hybridized carbons (Fsp3) is 0.400. The maximum Gasteiger partial charge on any atom is 0.408 e. The summed E-state index contributed by atoms with van der Waals surface area (Å²) in [5, 5.41) is 5.48. The van der Waals surface area contributed by atoms with Crippen molar-refractivity contribution in [2.24, 2.45) is 0 Å². The molecule has 2 rings (SSSR count). The predicted octanol–water partition coefficient (Wildman–Crippen LogP) is 4.42. The van der Waals surface area contributed by atoms with Crippen LogP contribution in [0.5, 0.6) is 0 Å². The van der Waals surface area contributed by atoms with Crippen LogP contribution in [0.2, 0.25) is 0 Å². The van der Waals surface area contributed by atoms with Gasteiger partial charge in [-0.1, -0.05) is 40.2 Å². The first kappa shape index (κ1) is 26.4. The van der Waals surface area contributed by atoms with Gasteiger partial charge in [-0.15, -0.1) is 0 Å². The van der Waals surface area contributed by atoms with E-state index in [-0.39, 0.29) is 18.9 Å². The highest BCUT2D eigenvalue weighted by Gasteiger charge is 2.25. The summed E-state index contributed by atoms with van der Waals surface area (Å²) in [7, 11) is 0. The average molecular weight is 519 g/mol. The number of benzene rings is 2. The van der Waals surface area contributed by atoms with Crippen molar-refractivity contribution in [3.05, 3.63) is 69.7 Å². The Hall–Kier alpha value is -2.87. The van der Waals surface area contributed by atoms with Crippen molar-refractivity contribution < 1.29 is 23.9 Å². The first-order chi connectivity index (χ1) is 15.6. The molecular formula is C25H31BrN2O5. The molecule has 0 radical (unpaired) electrons. The SMILES string of the molecule is CCOC(=O)[C@H](Cc1ccc(C(=O)NCCc2ccc(Br)cc2)cc1)NC(=O)OC(C)(C)C. The van der Waals surface area contributed by atoms with Crippen LogP contribution in [-0.4, -0.2) is 42.8 Å². The van der Waals surface area contributed by atoms with Crippen molar-refractivity contribution in [2.75, 3.05) is 13.2 Å². The van der Waals surface area contributed by atoms with Crippen LogP contribution in [0.1, 0.15) is 49.2 Å². The Balaban J connectivity index is 1.94. The van der Waals surface area contributed by atoms with Crippen LogP contribution >= 0.6 is 15.9 Å². The first-order valence-electron chi connectivity index (χ1n) is 10.8. The van der Waals surface area contributed by atoms with E-state index < -0.39 is 23.7 Å². The lowest BCUT2D eigenvalue weighted by Gasteiger charge is -2.23. The second kappa shape index (κ2) is 12.4. The number of alkyl carbamates (subject to hydrolysis) is 1. The van der Waals surface area contributed by atoms with Gasteiger partial charge >= 0.3 is 12.1 Å². The molecule has 0 aliphatic rings. The van der Waals surface area contributed by atoms with Gasteiger partial charge in [0.05, 0.1) is 6.61 Å². The van der Waals surface area contributed by atoms with Crippen LogP contribution in [0.4, 0.5) is 4.79 Å². The van der Waals surface area contributed by atoms with Crippen molar-refractivity contribution in [1.29, 1.82) is 0 Å². The molecule has 0 heterocycles. The Morgan fingerprint density at radius 3 is 2.15 bits per heavy atom. The number of carbonyl (C=O) groups is 3. The predicted molar refractivity (Wildman–Crippen MR) is 130 cm³/mol. The molecule has 0 aliphatic carbocycles. The smallest absolute Gasteiger partial charge is 0.408 e. The van der Waals surface area contributed by atoms with Gasteiger partial charge in [0, 0.05) is 23.0 Å². The summed E-state index contributed by atoms with van der Waals surface area (Å²) in [5.74, 6) is -0.717. The molecule has 2 aromatic carbocycles. The molecule has 2 N–H and O–H groups in total. The number of halogens is 1. The molecule has 8 heteroatoms. The molecule has 0 unspecified atom stereocenters. The lowest BCUT2D eigenvalue weighted by Crippen LogP contribution is -2.45. The topological polar surface area (TPSA) is 93.7 Å². The molecule has 0 aliphatic heterocycles. The van der Waals surface area contributed by atoms with Crippen LogP contribution in [0.3, 0.4) is 0 Å². The summed E-state index contributed by atoms with van der Waals surface area (Å²) in [6.07, 6.45) is 0.250. The summed E-state index contributed by atoms with van der Waals surface area (Å²) in [6.45, 7) is 7.65. The minimum atomic E-state index is -0.898. The Morgan fingerprint density at radius 2 is 1.58 bits per heavy atom. The van der Waals surface area contributed by atoms with Crippen LogP contribution in [-0.2, 0) is 27.1 Å². The summed E-state index contributed by atoms with van der Waals surface area (Å²) < 4.78 is 11.3. The summed E-state index contributed by atoms with van der Waals surface area (Å²) in [6, 6.07) is 14.0. The Bertz CT molecular complexity index is 937. The third kappa shape index (κ3) is 9.65. The van der Waals surface area contributed by atoms with E-state index >= 15 is 0 Å². The molecule has 0 bridgehead atoms. The second-order valence-electron chi connectivity index (χ2n) is 8.48. The van der Waals surface area contributed by atoms with Crippen LogP contribution in [0, 0.1) is 0 Å². The highest BCUT2D eigenvalue weighted by Crippen LogP contribution is 2.12. The van der Waals surface area contributed by atoms with Gasteiger partial charge in [-0.2, -0.15) is 0 Å². The van der Waals surface area contributed by atoms with Crippen molar-refractivity contribution in [1.82, 2.24) is 10.6 Å². The standard InChI is InChI=1S/C25H31BrN2O5/c1-5-32-23(30)21(28-24(31)33-25(2,3)4)16-18-6-10-19(11-7-18)22(29)27-15-14-17-8-12-20(26)13-9-17/h6-13,21H,5,14-16H2,1-4H3,(H,27,29)(H,28,31)/t21-/m0/s1. The van der Waals surface area contributed by atoms with Gasteiger partial charge in [0.25, 0.3) is 5.91 Å². The molecule has 0 spiro atoms. The average Bonchev–Trinajstić information content (AvgIpc) is 2.74. The van der Waals surface area contributed by atoms with Gasteiger partial charge in [0.15, 0.2) is 0 Å². The van der Waals surface area contributed by atoms with Crippen molar-refractivity contribution in [2.45, 2.75) is 52.2 Å². The zero-order valence-electron chi connectivity index (χ0n) is 19.4. The van der Waals surface area contributed by atoms with E-state index in [1.54, 1.807) is 52.0 Å². The van der Waals surface area contributed by atoms with Gasteiger partial charge in [-0.25, -0.2) is 9.59 Å². The molecule has 178 valence electrons. The van der Waals surface area contributed by atoms with Gasteiger partial charge in [0.2, 0.25) is 0 Å². The zero-order valence-corrected chi connectivity index (χ0v) is 21.0. The molecule has 1 atom stereocenters. The highest BCUT2D eigenvalue weighted by molar-refractivity contribution is 9.10. The van der Waals surface area contributed by atoms with Gasteiger partial charge in [0.1, 0.15) is 11.6 Å². The van der Waals surface area contributed by atoms with Gasteiger partial charge < -0.3 is 20.1 Å². The molecule has 2 aromatic rings.